The second-order valence-corrected chi connectivity index (χ2v) is 9.69. The van der Waals surface area contributed by atoms with Crippen molar-refractivity contribution in [3.8, 4) is 5.75 Å². The van der Waals surface area contributed by atoms with Crippen LogP contribution in [0.1, 0.15) is 11.1 Å². The Hall–Kier alpha value is -2.62. The minimum Gasteiger partial charge on any atom is -0.497 e. The second kappa shape index (κ2) is 8.49. The molecule has 0 aliphatic heterocycles. The van der Waals surface area contributed by atoms with Crippen molar-refractivity contribution in [2.45, 2.75) is 17.5 Å². The Bertz CT molecular complexity index is 1440. The SMILES string of the molecule is COc1ccc(Cn2c(=O)c3sccc3n3c(SCc4cccc(Br)c4)nnc23)cc1. The highest BCUT2D eigenvalue weighted by molar-refractivity contribution is 9.10. The van der Waals surface area contributed by atoms with E-state index < -0.39 is 0 Å². The minimum absolute atomic E-state index is 0.0516. The standard InChI is InChI=1S/C22H17BrN4O2S2/c1-29-17-7-5-14(6-8-17)12-26-20(28)19-18(9-10-30-19)27-21(26)24-25-22(27)31-13-15-3-2-4-16(23)11-15/h2-11H,12-13H2,1H3. The zero-order chi connectivity index (χ0) is 21.4. The van der Waals surface area contributed by atoms with E-state index in [1.165, 1.54) is 16.9 Å². The van der Waals surface area contributed by atoms with Gasteiger partial charge in [-0.05, 0) is 46.8 Å². The van der Waals surface area contributed by atoms with E-state index in [1.807, 2.05) is 52.2 Å². The molecule has 0 aliphatic rings. The van der Waals surface area contributed by atoms with Gasteiger partial charge >= 0.3 is 0 Å². The molecule has 3 heterocycles. The predicted molar refractivity (Wildman–Crippen MR) is 128 cm³/mol. The third-order valence-corrected chi connectivity index (χ3v) is 7.32. The van der Waals surface area contributed by atoms with Crippen molar-refractivity contribution in [1.82, 2.24) is 19.2 Å². The zero-order valence-electron chi connectivity index (χ0n) is 16.5. The van der Waals surface area contributed by atoms with Gasteiger partial charge in [-0.2, -0.15) is 0 Å². The number of hydrogen-bond acceptors (Lipinski definition) is 6. The molecule has 0 aliphatic carbocycles. The van der Waals surface area contributed by atoms with Crippen LogP contribution < -0.4 is 10.3 Å². The maximum absolute atomic E-state index is 13.2. The Morgan fingerprint density at radius 2 is 1.94 bits per heavy atom. The van der Waals surface area contributed by atoms with Gasteiger partial charge in [0.2, 0.25) is 5.78 Å². The van der Waals surface area contributed by atoms with Gasteiger partial charge in [0.1, 0.15) is 10.4 Å². The molecule has 0 spiro atoms. The van der Waals surface area contributed by atoms with Crippen molar-refractivity contribution in [2.75, 3.05) is 7.11 Å². The molecule has 0 atom stereocenters. The summed E-state index contributed by atoms with van der Waals surface area (Å²) < 4.78 is 10.7. The van der Waals surface area contributed by atoms with Gasteiger partial charge in [0.15, 0.2) is 5.16 Å². The van der Waals surface area contributed by atoms with Crippen LogP contribution in [0.15, 0.2) is 74.4 Å². The normalized spacial score (nSPS) is 11.4. The maximum Gasteiger partial charge on any atom is 0.273 e. The number of benzene rings is 2. The molecule has 0 fully saturated rings. The Kier molecular flexibility index (Phi) is 5.56. The summed E-state index contributed by atoms with van der Waals surface area (Å²) in [6, 6.07) is 17.9. The summed E-state index contributed by atoms with van der Waals surface area (Å²) in [5, 5.41) is 11.5. The summed E-state index contributed by atoms with van der Waals surface area (Å²) in [5.41, 5.74) is 2.97. The van der Waals surface area contributed by atoms with Crippen molar-refractivity contribution >= 4 is 55.0 Å². The van der Waals surface area contributed by atoms with E-state index in [0.29, 0.717) is 17.0 Å². The lowest BCUT2D eigenvalue weighted by Gasteiger charge is -2.10. The van der Waals surface area contributed by atoms with Gasteiger partial charge in [0.25, 0.3) is 5.56 Å². The molecule has 0 amide bonds. The zero-order valence-corrected chi connectivity index (χ0v) is 19.7. The summed E-state index contributed by atoms with van der Waals surface area (Å²) >= 11 is 6.57. The smallest absolute Gasteiger partial charge is 0.273 e. The summed E-state index contributed by atoms with van der Waals surface area (Å²) in [6.45, 7) is 0.411. The average molecular weight is 513 g/mol. The fourth-order valence-electron chi connectivity index (χ4n) is 3.42. The molecule has 0 saturated heterocycles. The van der Waals surface area contributed by atoms with E-state index in [0.717, 1.165) is 32.2 Å². The number of ether oxygens (including phenoxy) is 1. The number of nitrogens with zero attached hydrogens (tertiary/aromatic N) is 4. The van der Waals surface area contributed by atoms with Crippen LogP contribution in [0, 0.1) is 0 Å². The molecule has 5 rings (SSSR count). The molecule has 31 heavy (non-hydrogen) atoms. The molecule has 0 radical (unpaired) electrons. The van der Waals surface area contributed by atoms with E-state index in [2.05, 4.69) is 38.3 Å². The van der Waals surface area contributed by atoms with Gasteiger partial charge in [-0.15, -0.1) is 21.5 Å². The summed E-state index contributed by atoms with van der Waals surface area (Å²) in [4.78, 5) is 13.2. The van der Waals surface area contributed by atoms with Crippen molar-refractivity contribution in [1.29, 1.82) is 0 Å². The first-order valence-electron chi connectivity index (χ1n) is 9.49. The molecule has 9 heteroatoms. The Morgan fingerprint density at radius 3 is 2.71 bits per heavy atom. The number of thiophene rings is 1. The molecular formula is C22H17BrN4O2S2. The van der Waals surface area contributed by atoms with Crippen molar-refractivity contribution in [3.63, 3.8) is 0 Å². The maximum atomic E-state index is 13.2. The van der Waals surface area contributed by atoms with Gasteiger partial charge in [0, 0.05) is 10.2 Å². The predicted octanol–water partition coefficient (Wildman–Crippen LogP) is 5.22. The molecular weight excluding hydrogens is 496 g/mol. The Balaban J connectivity index is 1.57. The number of aromatic nitrogens is 4. The van der Waals surface area contributed by atoms with Crippen LogP contribution in [0.5, 0.6) is 5.75 Å². The van der Waals surface area contributed by atoms with Crippen LogP contribution in [0.4, 0.5) is 0 Å². The number of fused-ring (bicyclic) bond motifs is 3. The van der Waals surface area contributed by atoms with E-state index in [4.69, 9.17) is 4.74 Å². The number of hydrogen-bond donors (Lipinski definition) is 0. The molecule has 0 unspecified atom stereocenters. The third kappa shape index (κ3) is 3.88. The number of thioether (sulfide) groups is 1. The summed E-state index contributed by atoms with van der Waals surface area (Å²) in [5.74, 6) is 2.08. The number of methoxy groups -OCH3 is 1. The van der Waals surface area contributed by atoms with Crippen LogP contribution >= 0.6 is 39.0 Å². The van der Waals surface area contributed by atoms with Crippen molar-refractivity contribution in [3.05, 3.63) is 85.9 Å². The van der Waals surface area contributed by atoms with E-state index >= 15 is 0 Å². The van der Waals surface area contributed by atoms with Crippen molar-refractivity contribution in [2.24, 2.45) is 0 Å². The topological polar surface area (TPSA) is 61.4 Å². The van der Waals surface area contributed by atoms with E-state index in [9.17, 15) is 4.79 Å². The van der Waals surface area contributed by atoms with Crippen LogP contribution in [0.2, 0.25) is 0 Å². The fourth-order valence-corrected chi connectivity index (χ4v) is 5.58. The molecule has 0 bridgehead atoms. The highest BCUT2D eigenvalue weighted by Crippen LogP contribution is 2.27. The lowest BCUT2D eigenvalue weighted by molar-refractivity contribution is 0.414. The monoisotopic (exact) mass is 512 g/mol. The lowest BCUT2D eigenvalue weighted by Crippen LogP contribution is -2.23. The first-order valence-corrected chi connectivity index (χ1v) is 12.1. The molecule has 156 valence electrons. The molecule has 6 nitrogen and oxygen atoms in total. The van der Waals surface area contributed by atoms with Gasteiger partial charge in [-0.3, -0.25) is 13.8 Å². The average Bonchev–Trinajstić information content (AvgIpc) is 3.43. The first kappa shape index (κ1) is 20.3. The van der Waals surface area contributed by atoms with Crippen molar-refractivity contribution < 1.29 is 4.74 Å². The molecule has 5 aromatic rings. The molecule has 2 aromatic carbocycles. The minimum atomic E-state index is -0.0516. The highest BCUT2D eigenvalue weighted by Gasteiger charge is 2.18. The van der Waals surface area contributed by atoms with Crippen LogP contribution in [0.25, 0.3) is 16.0 Å². The van der Waals surface area contributed by atoms with Crippen LogP contribution in [-0.4, -0.2) is 26.3 Å². The first-order chi connectivity index (χ1) is 15.1. The van der Waals surface area contributed by atoms with E-state index in [-0.39, 0.29) is 5.56 Å². The van der Waals surface area contributed by atoms with Gasteiger partial charge in [-0.25, -0.2) is 0 Å². The lowest BCUT2D eigenvalue weighted by atomic mass is 10.2. The highest BCUT2D eigenvalue weighted by atomic mass is 79.9. The second-order valence-electron chi connectivity index (χ2n) is 6.91. The quantitative estimate of drug-likeness (QED) is 0.292. The van der Waals surface area contributed by atoms with Crippen LogP contribution in [0.3, 0.4) is 0 Å². The Labute approximate surface area is 194 Å². The number of rotatable bonds is 6. The van der Waals surface area contributed by atoms with Gasteiger partial charge in [0.05, 0.1) is 19.2 Å². The fraction of sp³-hybridized carbons (Fsp3) is 0.136. The van der Waals surface area contributed by atoms with E-state index in [1.54, 1.807) is 23.4 Å². The Morgan fingerprint density at radius 1 is 1.10 bits per heavy atom. The summed E-state index contributed by atoms with van der Waals surface area (Å²) in [6.07, 6.45) is 0. The summed E-state index contributed by atoms with van der Waals surface area (Å²) in [7, 11) is 1.64. The molecule has 0 saturated carbocycles. The third-order valence-electron chi connectivity index (χ3n) is 4.94. The number of halogens is 1. The largest absolute Gasteiger partial charge is 0.497 e. The molecule has 0 N–H and O–H groups in total. The van der Waals surface area contributed by atoms with Crippen LogP contribution in [-0.2, 0) is 12.3 Å². The van der Waals surface area contributed by atoms with Gasteiger partial charge in [-0.1, -0.05) is 52.0 Å². The molecule has 3 aromatic heterocycles. The van der Waals surface area contributed by atoms with Gasteiger partial charge < -0.3 is 4.74 Å².